The van der Waals surface area contributed by atoms with E-state index in [2.05, 4.69) is 5.32 Å². The number of aromatic hydroxyl groups is 1. The first-order chi connectivity index (χ1) is 17.0. The van der Waals surface area contributed by atoms with Crippen molar-refractivity contribution in [2.75, 3.05) is 4.90 Å². The van der Waals surface area contributed by atoms with E-state index in [1.165, 1.54) is 0 Å². The summed E-state index contributed by atoms with van der Waals surface area (Å²) in [7, 11) is 0. The first kappa shape index (κ1) is 25.4. The summed E-state index contributed by atoms with van der Waals surface area (Å²) in [6.07, 6.45) is 0.221. The summed E-state index contributed by atoms with van der Waals surface area (Å²) in [6.45, 7) is 7.17. The number of phenolic OH excluding ortho intramolecular Hbond substituents is 1. The lowest BCUT2D eigenvalue weighted by atomic mass is 9.77. The van der Waals surface area contributed by atoms with Crippen molar-refractivity contribution < 1.29 is 34.5 Å². The third-order valence-electron chi connectivity index (χ3n) is 7.53. The summed E-state index contributed by atoms with van der Waals surface area (Å²) < 4.78 is 0. The van der Waals surface area contributed by atoms with Gasteiger partial charge in [-0.15, -0.1) is 0 Å². The first-order valence-corrected chi connectivity index (χ1v) is 12.0. The van der Waals surface area contributed by atoms with Crippen LogP contribution in [0.5, 0.6) is 5.75 Å². The van der Waals surface area contributed by atoms with Gasteiger partial charge in [0.15, 0.2) is 0 Å². The van der Waals surface area contributed by atoms with Crippen molar-refractivity contribution in [3.63, 3.8) is 0 Å². The van der Waals surface area contributed by atoms with E-state index >= 15 is 0 Å². The molecule has 0 spiro atoms. The molecule has 2 saturated heterocycles. The summed E-state index contributed by atoms with van der Waals surface area (Å²) in [5, 5.41) is 33.1. The maximum absolute atomic E-state index is 14.0. The van der Waals surface area contributed by atoms with Crippen LogP contribution in [0.3, 0.4) is 0 Å². The number of para-hydroxylation sites is 1. The number of aliphatic carboxylic acids is 2. The van der Waals surface area contributed by atoms with Crippen LogP contribution >= 0.6 is 0 Å². The highest BCUT2D eigenvalue weighted by Crippen LogP contribution is 2.52. The van der Waals surface area contributed by atoms with Gasteiger partial charge in [0.05, 0.1) is 23.9 Å². The van der Waals surface area contributed by atoms with E-state index < -0.39 is 53.6 Å². The molecule has 2 aliphatic rings. The zero-order chi connectivity index (χ0) is 26.5. The summed E-state index contributed by atoms with van der Waals surface area (Å²) in [4.78, 5) is 53.6. The van der Waals surface area contributed by atoms with Crippen LogP contribution in [-0.2, 0) is 32.0 Å². The van der Waals surface area contributed by atoms with Crippen LogP contribution < -0.4 is 10.2 Å². The van der Waals surface area contributed by atoms with Crippen LogP contribution in [0.1, 0.15) is 54.1 Å². The minimum atomic E-state index is -2.18. The second-order valence-corrected chi connectivity index (χ2v) is 9.62. The molecular formula is C27H30N2O7. The number of carboxylic acids is 2. The molecule has 9 nitrogen and oxygen atoms in total. The maximum atomic E-state index is 14.0. The number of anilines is 1. The Bertz CT molecular complexity index is 1240. The van der Waals surface area contributed by atoms with Gasteiger partial charge in [0.1, 0.15) is 11.3 Å². The van der Waals surface area contributed by atoms with Crippen molar-refractivity contribution >= 4 is 29.4 Å². The predicted molar refractivity (Wildman–Crippen MR) is 131 cm³/mol. The van der Waals surface area contributed by atoms with Gasteiger partial charge < -0.3 is 15.3 Å². The Morgan fingerprint density at radius 1 is 1.00 bits per heavy atom. The van der Waals surface area contributed by atoms with Crippen molar-refractivity contribution in [3.8, 4) is 5.75 Å². The van der Waals surface area contributed by atoms with E-state index in [9.17, 15) is 34.5 Å². The van der Waals surface area contributed by atoms with E-state index in [4.69, 9.17) is 0 Å². The third kappa shape index (κ3) is 3.65. The number of hydrogen-bond donors (Lipinski definition) is 4. The fraction of sp³-hybridized carbons (Fsp3) is 0.407. The number of nitrogens with one attached hydrogen (secondary N) is 1. The number of nitrogens with zero attached hydrogens (tertiary/aromatic N) is 1. The molecule has 2 aromatic rings. The van der Waals surface area contributed by atoms with Crippen molar-refractivity contribution in [1.29, 1.82) is 0 Å². The van der Waals surface area contributed by atoms with E-state index in [-0.39, 0.29) is 5.75 Å². The molecule has 4 unspecified atom stereocenters. The van der Waals surface area contributed by atoms with Gasteiger partial charge in [0.2, 0.25) is 11.8 Å². The zero-order valence-electron chi connectivity index (χ0n) is 20.7. The predicted octanol–water partition coefficient (Wildman–Crippen LogP) is 2.88. The van der Waals surface area contributed by atoms with Crippen LogP contribution in [-0.4, -0.2) is 44.6 Å². The Hall–Kier alpha value is -3.72. The van der Waals surface area contributed by atoms with Gasteiger partial charge in [-0.2, -0.15) is 0 Å². The fourth-order valence-electron chi connectivity index (χ4n) is 5.85. The van der Waals surface area contributed by atoms with Gasteiger partial charge in [-0.05, 0) is 54.5 Å². The number of hydrogen-bond acceptors (Lipinski definition) is 6. The largest absolute Gasteiger partial charge is 0.507 e. The Morgan fingerprint density at radius 3 is 2.03 bits per heavy atom. The van der Waals surface area contributed by atoms with Crippen molar-refractivity contribution in [2.45, 2.75) is 58.5 Å². The van der Waals surface area contributed by atoms with Gasteiger partial charge in [0.25, 0.3) is 0 Å². The number of benzene rings is 2. The lowest BCUT2D eigenvalue weighted by Gasteiger charge is -2.31. The van der Waals surface area contributed by atoms with Crippen LogP contribution in [0.2, 0.25) is 0 Å². The lowest BCUT2D eigenvalue weighted by Crippen LogP contribution is -2.57. The molecule has 0 aliphatic carbocycles. The van der Waals surface area contributed by atoms with Crippen molar-refractivity contribution in [1.82, 2.24) is 5.32 Å². The fourth-order valence-corrected chi connectivity index (χ4v) is 5.85. The van der Waals surface area contributed by atoms with Crippen LogP contribution in [0.4, 0.5) is 5.69 Å². The van der Waals surface area contributed by atoms with Crippen molar-refractivity contribution in [2.24, 2.45) is 11.8 Å². The number of fused-ring (bicyclic) bond motifs is 1. The molecule has 0 bridgehead atoms. The minimum absolute atomic E-state index is 0.0724. The average Bonchev–Trinajstić information content (AvgIpc) is 3.30. The quantitative estimate of drug-likeness (QED) is 0.430. The molecule has 2 heterocycles. The molecule has 190 valence electrons. The number of carboxylic acid groups (broad SMARTS) is 2. The third-order valence-corrected chi connectivity index (χ3v) is 7.53. The minimum Gasteiger partial charge on any atom is -0.507 e. The smallest absolute Gasteiger partial charge is 0.325 e. The molecule has 4 rings (SSSR count). The van der Waals surface area contributed by atoms with Gasteiger partial charge in [0, 0.05) is 6.04 Å². The highest BCUT2D eigenvalue weighted by atomic mass is 16.4. The van der Waals surface area contributed by atoms with E-state index in [1.54, 1.807) is 26.0 Å². The molecule has 4 N–H and O–H groups in total. The van der Waals surface area contributed by atoms with Gasteiger partial charge in [-0.1, -0.05) is 44.2 Å². The summed E-state index contributed by atoms with van der Waals surface area (Å²) in [6, 6.07) is 7.83. The zero-order valence-corrected chi connectivity index (χ0v) is 20.7. The van der Waals surface area contributed by atoms with Gasteiger partial charge in [-0.3, -0.25) is 24.5 Å². The van der Waals surface area contributed by atoms with Crippen LogP contribution in [0.25, 0.3) is 0 Å². The van der Waals surface area contributed by atoms with Crippen LogP contribution in [0, 0.1) is 25.7 Å². The van der Waals surface area contributed by atoms with E-state index in [0.717, 1.165) is 16.0 Å². The summed E-state index contributed by atoms with van der Waals surface area (Å²) >= 11 is 0. The first-order valence-electron chi connectivity index (χ1n) is 12.0. The second kappa shape index (κ2) is 9.05. The molecule has 36 heavy (non-hydrogen) atoms. The van der Waals surface area contributed by atoms with Crippen LogP contribution in [0.15, 0.2) is 30.3 Å². The molecule has 2 fully saturated rings. The highest BCUT2D eigenvalue weighted by molar-refractivity contribution is 6.25. The Balaban J connectivity index is 1.96. The SMILES string of the molecule is CCc1cccc(CC)c1N1C(=O)C2C(c3cc(C)c(O)c(C)c3)NC(CC(=O)O)(C(=O)O)C2C1=O. The topological polar surface area (TPSA) is 144 Å². The van der Waals surface area contributed by atoms with E-state index in [1.807, 2.05) is 32.0 Å². The second-order valence-electron chi connectivity index (χ2n) is 9.62. The molecule has 9 heteroatoms. The monoisotopic (exact) mass is 494 g/mol. The number of phenols is 1. The average molecular weight is 495 g/mol. The number of rotatable bonds is 7. The van der Waals surface area contributed by atoms with E-state index in [0.29, 0.717) is 35.2 Å². The summed E-state index contributed by atoms with van der Waals surface area (Å²) in [5.41, 5.74) is 1.37. The van der Waals surface area contributed by atoms with Gasteiger partial charge >= 0.3 is 11.9 Å². The highest BCUT2D eigenvalue weighted by Gasteiger charge is 2.69. The number of aryl methyl sites for hydroxylation is 4. The number of carbonyl (C=O) groups is 4. The Labute approximate surface area is 208 Å². The standard InChI is InChI=1S/C27H30N2O7/c1-5-15-8-7-9-16(6-2)22(15)29-24(33)19-20(25(29)34)27(26(35)36,12-18(30)31)28-21(19)17-10-13(3)23(32)14(4)11-17/h7-11,19-21,28,32H,5-6,12H2,1-4H3,(H,30,31)(H,35,36). The van der Waals surface area contributed by atoms with Crippen molar-refractivity contribution in [3.05, 3.63) is 58.1 Å². The molecule has 4 atom stereocenters. The molecule has 2 aromatic carbocycles. The Kier molecular flexibility index (Phi) is 6.38. The Morgan fingerprint density at radius 2 is 1.56 bits per heavy atom. The molecular weight excluding hydrogens is 464 g/mol. The molecule has 0 aromatic heterocycles. The maximum Gasteiger partial charge on any atom is 0.325 e. The number of amides is 2. The molecule has 0 radical (unpaired) electrons. The number of imide groups is 1. The normalized spacial score (nSPS) is 25.3. The molecule has 2 amide bonds. The number of carbonyl (C=O) groups excluding carboxylic acids is 2. The summed E-state index contributed by atoms with van der Waals surface area (Å²) in [5.74, 6) is -6.66. The lowest BCUT2D eigenvalue weighted by molar-refractivity contribution is -0.154. The molecule has 0 saturated carbocycles. The molecule has 2 aliphatic heterocycles. The van der Waals surface area contributed by atoms with Gasteiger partial charge in [-0.25, -0.2) is 4.90 Å².